The molecule has 0 aromatic heterocycles. The molecule has 104 valence electrons. The molecule has 6 heteroatoms. The molecule has 2 aromatic rings. The molecule has 0 bridgehead atoms. The van der Waals surface area contributed by atoms with Crippen molar-refractivity contribution in [3.8, 4) is 0 Å². The van der Waals surface area contributed by atoms with E-state index in [4.69, 9.17) is 11.6 Å². The van der Waals surface area contributed by atoms with Crippen LogP contribution in [0.3, 0.4) is 0 Å². The van der Waals surface area contributed by atoms with Crippen LogP contribution in [0.15, 0.2) is 48.5 Å². The topological polar surface area (TPSA) is 20.3 Å². The van der Waals surface area contributed by atoms with E-state index in [2.05, 4.69) is 0 Å². The van der Waals surface area contributed by atoms with E-state index in [1.165, 1.54) is 11.0 Å². The molecule has 2 aromatic carbocycles. The lowest BCUT2D eigenvalue weighted by Crippen LogP contribution is -2.14. The summed E-state index contributed by atoms with van der Waals surface area (Å²) in [6.07, 6.45) is -4.00. The number of alkyl halides is 3. The van der Waals surface area contributed by atoms with Crippen molar-refractivity contribution in [2.24, 2.45) is 0 Å². The van der Waals surface area contributed by atoms with Crippen LogP contribution in [0.2, 0.25) is 5.02 Å². The SMILES string of the molecule is O=CN(c1ccccc1)c1ccc(C(F)(F)F)c(Cl)c1. The van der Waals surface area contributed by atoms with Crippen LogP contribution in [0.4, 0.5) is 24.5 Å². The molecular weight excluding hydrogens is 291 g/mol. The van der Waals surface area contributed by atoms with Gasteiger partial charge >= 0.3 is 6.18 Å². The third kappa shape index (κ3) is 2.93. The van der Waals surface area contributed by atoms with Crippen LogP contribution in [-0.4, -0.2) is 6.41 Å². The molecule has 0 atom stereocenters. The molecule has 0 heterocycles. The molecule has 0 saturated carbocycles. The van der Waals surface area contributed by atoms with Gasteiger partial charge in [-0.2, -0.15) is 13.2 Å². The van der Waals surface area contributed by atoms with Crippen molar-refractivity contribution in [1.82, 2.24) is 0 Å². The van der Waals surface area contributed by atoms with Crippen molar-refractivity contribution in [2.45, 2.75) is 6.18 Å². The van der Waals surface area contributed by atoms with Gasteiger partial charge in [0, 0.05) is 5.69 Å². The Balaban J connectivity index is 2.43. The number of para-hydroxylation sites is 1. The first-order valence-electron chi connectivity index (χ1n) is 5.60. The summed E-state index contributed by atoms with van der Waals surface area (Å²) in [6.45, 7) is 0. The Bertz CT molecular complexity index is 614. The maximum absolute atomic E-state index is 12.6. The molecule has 0 aliphatic rings. The summed E-state index contributed by atoms with van der Waals surface area (Å²) >= 11 is 5.64. The molecule has 0 saturated heterocycles. The second-order valence-corrected chi connectivity index (χ2v) is 4.38. The Morgan fingerprint density at radius 2 is 1.65 bits per heavy atom. The molecule has 1 amide bonds. The quantitative estimate of drug-likeness (QED) is 0.755. The Kier molecular flexibility index (Phi) is 3.99. The minimum atomic E-state index is -4.52. The summed E-state index contributed by atoms with van der Waals surface area (Å²) in [5.41, 5.74) is -0.121. The zero-order valence-electron chi connectivity index (χ0n) is 10.1. The first-order valence-corrected chi connectivity index (χ1v) is 5.97. The van der Waals surface area contributed by atoms with Crippen LogP contribution in [0, 0.1) is 0 Å². The summed E-state index contributed by atoms with van der Waals surface area (Å²) < 4.78 is 37.9. The monoisotopic (exact) mass is 299 g/mol. The van der Waals surface area contributed by atoms with Gasteiger partial charge in [-0.15, -0.1) is 0 Å². The van der Waals surface area contributed by atoms with Gasteiger partial charge in [-0.05, 0) is 30.3 Å². The van der Waals surface area contributed by atoms with Crippen LogP contribution in [0.25, 0.3) is 0 Å². The predicted molar refractivity (Wildman–Crippen MR) is 71.1 cm³/mol. The second-order valence-electron chi connectivity index (χ2n) is 3.97. The average molecular weight is 300 g/mol. The Hall–Kier alpha value is -2.01. The number of carbonyl (C=O) groups excluding carboxylic acids is 1. The number of rotatable bonds is 3. The average Bonchev–Trinajstić information content (AvgIpc) is 2.39. The highest BCUT2D eigenvalue weighted by Crippen LogP contribution is 2.37. The largest absolute Gasteiger partial charge is 0.417 e. The fourth-order valence-corrected chi connectivity index (χ4v) is 2.03. The van der Waals surface area contributed by atoms with Crippen LogP contribution in [0.5, 0.6) is 0 Å². The standard InChI is InChI=1S/C14H9ClF3NO/c15-13-8-11(6-7-12(13)14(16,17)18)19(9-20)10-4-2-1-3-5-10/h1-9H. The van der Waals surface area contributed by atoms with Crippen LogP contribution < -0.4 is 4.90 Å². The molecule has 0 aliphatic carbocycles. The fourth-order valence-electron chi connectivity index (χ4n) is 1.74. The highest BCUT2D eigenvalue weighted by Gasteiger charge is 2.33. The molecule has 0 spiro atoms. The van der Waals surface area contributed by atoms with E-state index in [9.17, 15) is 18.0 Å². The Morgan fingerprint density at radius 3 is 2.15 bits per heavy atom. The summed E-state index contributed by atoms with van der Waals surface area (Å²) in [5.74, 6) is 0. The molecular formula is C14H9ClF3NO. The zero-order valence-corrected chi connectivity index (χ0v) is 10.8. The van der Waals surface area contributed by atoms with Gasteiger partial charge in [-0.1, -0.05) is 29.8 Å². The number of hydrogen-bond donors (Lipinski definition) is 0. The van der Waals surface area contributed by atoms with Gasteiger partial charge < -0.3 is 0 Å². The maximum atomic E-state index is 12.6. The summed E-state index contributed by atoms with van der Waals surface area (Å²) in [6, 6.07) is 11.7. The normalized spacial score (nSPS) is 11.2. The van der Waals surface area contributed by atoms with Crippen molar-refractivity contribution in [3.05, 3.63) is 59.1 Å². The summed E-state index contributed by atoms with van der Waals surface area (Å²) in [5, 5.41) is -0.446. The maximum Gasteiger partial charge on any atom is 0.417 e. The van der Waals surface area contributed by atoms with Crippen molar-refractivity contribution in [3.63, 3.8) is 0 Å². The van der Waals surface area contributed by atoms with E-state index in [0.29, 0.717) is 12.1 Å². The van der Waals surface area contributed by atoms with E-state index in [1.54, 1.807) is 30.3 Å². The molecule has 0 N–H and O–H groups in total. The highest BCUT2D eigenvalue weighted by molar-refractivity contribution is 6.31. The third-order valence-corrected chi connectivity index (χ3v) is 2.99. The molecule has 2 rings (SSSR count). The molecule has 0 unspecified atom stereocenters. The first kappa shape index (κ1) is 14.4. The lowest BCUT2D eigenvalue weighted by atomic mass is 10.1. The minimum Gasteiger partial charge on any atom is -0.284 e. The van der Waals surface area contributed by atoms with E-state index in [1.807, 2.05) is 0 Å². The van der Waals surface area contributed by atoms with E-state index in [0.717, 1.165) is 12.1 Å². The van der Waals surface area contributed by atoms with E-state index in [-0.39, 0.29) is 5.69 Å². The lowest BCUT2D eigenvalue weighted by molar-refractivity contribution is -0.137. The van der Waals surface area contributed by atoms with Crippen LogP contribution in [-0.2, 0) is 11.0 Å². The zero-order chi connectivity index (χ0) is 14.8. The van der Waals surface area contributed by atoms with Gasteiger partial charge in [0.05, 0.1) is 16.3 Å². The predicted octanol–water partition coefficient (Wildman–Crippen LogP) is 4.65. The number of anilines is 2. The van der Waals surface area contributed by atoms with Gasteiger partial charge in [0.1, 0.15) is 0 Å². The second kappa shape index (κ2) is 5.54. The molecule has 0 radical (unpaired) electrons. The van der Waals surface area contributed by atoms with Crippen LogP contribution in [0.1, 0.15) is 5.56 Å². The lowest BCUT2D eigenvalue weighted by Gasteiger charge is -2.19. The summed E-state index contributed by atoms with van der Waals surface area (Å²) in [7, 11) is 0. The van der Waals surface area contributed by atoms with E-state index >= 15 is 0 Å². The fraction of sp³-hybridized carbons (Fsp3) is 0.0714. The number of benzene rings is 2. The van der Waals surface area contributed by atoms with Crippen molar-refractivity contribution in [1.29, 1.82) is 0 Å². The number of amides is 1. The molecule has 2 nitrogen and oxygen atoms in total. The summed E-state index contributed by atoms with van der Waals surface area (Å²) in [4.78, 5) is 12.4. The first-order chi connectivity index (χ1) is 9.43. The van der Waals surface area contributed by atoms with Crippen molar-refractivity contribution >= 4 is 29.4 Å². The minimum absolute atomic E-state index is 0.268. The van der Waals surface area contributed by atoms with Gasteiger partial charge in [-0.3, -0.25) is 9.69 Å². The van der Waals surface area contributed by atoms with Crippen LogP contribution >= 0.6 is 11.6 Å². The van der Waals surface area contributed by atoms with Crippen molar-refractivity contribution < 1.29 is 18.0 Å². The van der Waals surface area contributed by atoms with Gasteiger partial charge in [0.2, 0.25) is 6.41 Å². The van der Waals surface area contributed by atoms with Gasteiger partial charge in [0.25, 0.3) is 0 Å². The number of halogens is 4. The Morgan fingerprint density at radius 1 is 1.00 bits per heavy atom. The highest BCUT2D eigenvalue weighted by atomic mass is 35.5. The molecule has 0 fully saturated rings. The number of nitrogens with zero attached hydrogens (tertiary/aromatic N) is 1. The Labute approximate surface area is 118 Å². The third-order valence-electron chi connectivity index (χ3n) is 2.68. The number of carbonyl (C=O) groups is 1. The van der Waals surface area contributed by atoms with Gasteiger partial charge in [0.15, 0.2) is 0 Å². The molecule has 20 heavy (non-hydrogen) atoms. The van der Waals surface area contributed by atoms with Crippen molar-refractivity contribution in [2.75, 3.05) is 4.90 Å². The van der Waals surface area contributed by atoms with Gasteiger partial charge in [-0.25, -0.2) is 0 Å². The number of hydrogen-bond acceptors (Lipinski definition) is 1. The van der Waals surface area contributed by atoms with E-state index < -0.39 is 16.8 Å². The smallest absolute Gasteiger partial charge is 0.284 e. The molecule has 0 aliphatic heterocycles.